The van der Waals surface area contributed by atoms with Crippen LogP contribution in [0, 0.1) is 10.1 Å². The summed E-state index contributed by atoms with van der Waals surface area (Å²) in [5.74, 6) is -2.56. The van der Waals surface area contributed by atoms with E-state index in [1.54, 1.807) is 0 Å². The van der Waals surface area contributed by atoms with Gasteiger partial charge in [0.25, 0.3) is 5.69 Å². The fourth-order valence-electron chi connectivity index (χ4n) is 1.50. The van der Waals surface area contributed by atoms with E-state index in [9.17, 15) is 29.9 Å². The minimum Gasteiger partial charge on any atom is -0.478 e. The van der Waals surface area contributed by atoms with Gasteiger partial charge in [0, 0.05) is 6.07 Å². The number of carboxylic acid groups (broad SMARTS) is 1. The normalized spacial score (nSPS) is 13.3. The molecule has 20 heavy (non-hydrogen) atoms. The van der Waals surface area contributed by atoms with Crippen molar-refractivity contribution in [3.05, 3.63) is 39.4 Å². The number of esters is 1. The van der Waals surface area contributed by atoms with Crippen LogP contribution in [-0.2, 0) is 9.53 Å². The summed E-state index contributed by atoms with van der Waals surface area (Å²) in [5.41, 5.74) is -1.47. The summed E-state index contributed by atoms with van der Waals surface area (Å²) in [6.07, 6.45) is -3.93. The highest BCUT2D eigenvalue weighted by atomic mass is 16.6. The summed E-state index contributed by atoms with van der Waals surface area (Å²) in [7, 11) is 0.972. The number of nitro groups is 1. The molecule has 1 aromatic carbocycles. The van der Waals surface area contributed by atoms with Crippen LogP contribution in [0.5, 0.6) is 0 Å². The molecule has 0 saturated carbocycles. The lowest BCUT2D eigenvalue weighted by atomic mass is 10.0. The Balaban J connectivity index is 3.27. The third kappa shape index (κ3) is 3.08. The van der Waals surface area contributed by atoms with Crippen molar-refractivity contribution in [3.8, 4) is 0 Å². The molecule has 9 heteroatoms. The SMILES string of the molecule is COC(=O)C(O)C(O)c1ccc(C(=O)O)cc1[N+](=O)[O-]. The number of benzene rings is 1. The quantitative estimate of drug-likeness (QED) is 0.384. The number of carbonyl (C=O) groups is 2. The summed E-state index contributed by atoms with van der Waals surface area (Å²) in [6, 6.07) is 2.70. The first-order chi connectivity index (χ1) is 9.29. The molecule has 9 nitrogen and oxygen atoms in total. The number of aliphatic hydroxyl groups excluding tert-OH is 2. The van der Waals surface area contributed by atoms with Crippen LogP contribution in [0.1, 0.15) is 22.0 Å². The number of methoxy groups -OCH3 is 1. The molecular formula is C11H11NO8. The molecule has 0 radical (unpaired) electrons. The molecule has 108 valence electrons. The summed E-state index contributed by atoms with van der Waals surface area (Å²) >= 11 is 0. The van der Waals surface area contributed by atoms with E-state index in [4.69, 9.17) is 5.11 Å². The van der Waals surface area contributed by atoms with Gasteiger partial charge < -0.3 is 20.1 Å². The zero-order chi connectivity index (χ0) is 15.4. The van der Waals surface area contributed by atoms with E-state index < -0.39 is 40.3 Å². The Labute approximate surface area is 112 Å². The average Bonchev–Trinajstić information content (AvgIpc) is 2.43. The Kier molecular flexibility index (Phi) is 4.73. The molecular weight excluding hydrogens is 274 g/mol. The Morgan fingerprint density at radius 1 is 1.35 bits per heavy atom. The van der Waals surface area contributed by atoms with Crippen molar-refractivity contribution in [2.75, 3.05) is 7.11 Å². The zero-order valence-corrected chi connectivity index (χ0v) is 10.2. The second-order valence-electron chi connectivity index (χ2n) is 3.75. The first kappa shape index (κ1) is 15.5. The molecule has 0 fully saturated rings. The van der Waals surface area contributed by atoms with Crippen LogP contribution >= 0.6 is 0 Å². The Hall–Kier alpha value is -2.52. The van der Waals surface area contributed by atoms with Crippen LogP contribution in [0.2, 0.25) is 0 Å². The number of hydrogen-bond acceptors (Lipinski definition) is 7. The van der Waals surface area contributed by atoms with E-state index in [1.165, 1.54) is 0 Å². The highest BCUT2D eigenvalue weighted by Gasteiger charge is 2.32. The van der Waals surface area contributed by atoms with Gasteiger partial charge in [0.05, 0.1) is 23.2 Å². The number of carboxylic acids is 1. The van der Waals surface area contributed by atoms with Gasteiger partial charge in [-0.05, 0) is 12.1 Å². The minimum atomic E-state index is -2.02. The Morgan fingerprint density at radius 2 is 1.95 bits per heavy atom. The predicted octanol–water partition coefficient (Wildman–Crippen LogP) is -0.140. The largest absolute Gasteiger partial charge is 0.478 e. The van der Waals surface area contributed by atoms with Gasteiger partial charge >= 0.3 is 11.9 Å². The lowest BCUT2D eigenvalue weighted by molar-refractivity contribution is -0.386. The summed E-state index contributed by atoms with van der Waals surface area (Å²) in [4.78, 5) is 31.8. The minimum absolute atomic E-state index is 0.361. The number of nitro benzene ring substituents is 1. The molecule has 0 spiro atoms. The first-order valence-corrected chi connectivity index (χ1v) is 5.25. The van der Waals surface area contributed by atoms with Crippen molar-refractivity contribution in [2.45, 2.75) is 12.2 Å². The Bertz CT molecular complexity index is 555. The van der Waals surface area contributed by atoms with E-state index >= 15 is 0 Å². The summed E-state index contributed by atoms with van der Waals surface area (Å²) < 4.78 is 4.20. The fourth-order valence-corrected chi connectivity index (χ4v) is 1.50. The number of ether oxygens (including phenoxy) is 1. The lowest BCUT2D eigenvalue weighted by Gasteiger charge is -2.16. The van der Waals surface area contributed by atoms with Crippen molar-refractivity contribution in [1.82, 2.24) is 0 Å². The average molecular weight is 285 g/mol. The molecule has 0 heterocycles. The summed E-state index contributed by atoms with van der Waals surface area (Å²) in [6.45, 7) is 0. The lowest BCUT2D eigenvalue weighted by Crippen LogP contribution is -2.29. The number of aliphatic hydroxyl groups is 2. The molecule has 1 rings (SSSR count). The van der Waals surface area contributed by atoms with Crippen LogP contribution in [0.3, 0.4) is 0 Å². The van der Waals surface area contributed by atoms with Crippen LogP contribution in [0.15, 0.2) is 18.2 Å². The highest BCUT2D eigenvalue weighted by Crippen LogP contribution is 2.28. The predicted molar refractivity (Wildman–Crippen MR) is 63.0 cm³/mol. The van der Waals surface area contributed by atoms with Gasteiger partial charge in [-0.15, -0.1) is 0 Å². The molecule has 2 unspecified atom stereocenters. The molecule has 0 aromatic heterocycles. The van der Waals surface area contributed by atoms with Gasteiger partial charge in [0.15, 0.2) is 6.10 Å². The van der Waals surface area contributed by atoms with Gasteiger partial charge in [0.1, 0.15) is 6.10 Å². The third-order valence-electron chi connectivity index (χ3n) is 2.53. The third-order valence-corrected chi connectivity index (χ3v) is 2.53. The first-order valence-electron chi connectivity index (χ1n) is 5.25. The van der Waals surface area contributed by atoms with Crippen molar-refractivity contribution < 1.29 is 34.6 Å². The van der Waals surface area contributed by atoms with Crippen molar-refractivity contribution in [2.24, 2.45) is 0 Å². The van der Waals surface area contributed by atoms with Crippen molar-refractivity contribution in [3.63, 3.8) is 0 Å². The second kappa shape index (κ2) is 6.08. The van der Waals surface area contributed by atoms with E-state index in [1.807, 2.05) is 0 Å². The number of carbonyl (C=O) groups excluding carboxylic acids is 1. The molecule has 0 saturated heterocycles. The summed E-state index contributed by atoms with van der Waals surface area (Å²) in [5, 5.41) is 38.8. The Morgan fingerprint density at radius 3 is 2.40 bits per heavy atom. The van der Waals surface area contributed by atoms with Gasteiger partial charge in [-0.2, -0.15) is 0 Å². The number of nitrogens with zero attached hydrogens (tertiary/aromatic N) is 1. The molecule has 3 N–H and O–H groups in total. The van der Waals surface area contributed by atoms with Gasteiger partial charge in [-0.25, -0.2) is 9.59 Å². The smallest absolute Gasteiger partial charge is 0.337 e. The van der Waals surface area contributed by atoms with Crippen LogP contribution in [-0.4, -0.2) is 45.4 Å². The van der Waals surface area contributed by atoms with E-state index in [0.717, 1.165) is 25.3 Å². The maximum Gasteiger partial charge on any atom is 0.337 e. The molecule has 1 aromatic rings. The molecule has 0 aliphatic rings. The molecule has 2 atom stereocenters. The molecule has 0 aliphatic heterocycles. The molecule has 0 bridgehead atoms. The number of hydrogen-bond donors (Lipinski definition) is 3. The van der Waals surface area contributed by atoms with Crippen LogP contribution in [0.4, 0.5) is 5.69 Å². The highest BCUT2D eigenvalue weighted by molar-refractivity contribution is 5.88. The fraction of sp³-hybridized carbons (Fsp3) is 0.273. The second-order valence-corrected chi connectivity index (χ2v) is 3.75. The monoisotopic (exact) mass is 285 g/mol. The van der Waals surface area contributed by atoms with Gasteiger partial charge in [-0.3, -0.25) is 10.1 Å². The van der Waals surface area contributed by atoms with Crippen LogP contribution in [0.25, 0.3) is 0 Å². The molecule has 0 amide bonds. The van der Waals surface area contributed by atoms with Crippen molar-refractivity contribution >= 4 is 17.6 Å². The topological polar surface area (TPSA) is 147 Å². The number of aromatic carboxylic acids is 1. The van der Waals surface area contributed by atoms with E-state index in [-0.39, 0.29) is 5.56 Å². The van der Waals surface area contributed by atoms with Crippen LogP contribution < -0.4 is 0 Å². The molecule has 0 aliphatic carbocycles. The maximum atomic E-state index is 11.1. The van der Waals surface area contributed by atoms with E-state index in [2.05, 4.69) is 4.74 Å². The van der Waals surface area contributed by atoms with Gasteiger partial charge in [-0.1, -0.05) is 0 Å². The maximum absolute atomic E-state index is 11.1. The van der Waals surface area contributed by atoms with Gasteiger partial charge in [0.2, 0.25) is 0 Å². The van der Waals surface area contributed by atoms with Crippen molar-refractivity contribution in [1.29, 1.82) is 0 Å². The van der Waals surface area contributed by atoms with E-state index in [0.29, 0.717) is 0 Å². The standard InChI is InChI=1S/C11H11NO8/c1-20-11(17)9(14)8(13)6-3-2-5(10(15)16)4-7(6)12(18)19/h2-4,8-9,13-14H,1H3,(H,15,16). The zero-order valence-electron chi connectivity index (χ0n) is 10.2. The number of rotatable bonds is 5.